The molecule has 0 atom stereocenters. The Morgan fingerprint density at radius 3 is 2.60 bits per heavy atom. The molecule has 110 valence electrons. The van der Waals surface area contributed by atoms with E-state index in [4.69, 9.17) is 5.11 Å². The normalized spacial score (nSPS) is 17.1. The largest absolute Gasteiger partial charge is 0.396 e. The van der Waals surface area contributed by atoms with Crippen molar-refractivity contribution in [2.24, 2.45) is 5.92 Å². The van der Waals surface area contributed by atoms with Crippen molar-refractivity contribution in [3.63, 3.8) is 0 Å². The molecule has 6 heteroatoms. The van der Waals surface area contributed by atoms with E-state index in [1.165, 1.54) is 6.07 Å². The molecule has 0 radical (unpaired) electrons. The van der Waals surface area contributed by atoms with Gasteiger partial charge in [0.25, 0.3) is 0 Å². The summed E-state index contributed by atoms with van der Waals surface area (Å²) in [5.41, 5.74) is 0.249. The molecule has 1 amide bonds. The fourth-order valence-electron chi connectivity index (χ4n) is 2.30. The van der Waals surface area contributed by atoms with E-state index in [2.05, 4.69) is 5.32 Å². The molecule has 20 heavy (non-hydrogen) atoms. The van der Waals surface area contributed by atoms with Crippen molar-refractivity contribution in [1.82, 2.24) is 4.90 Å². The van der Waals surface area contributed by atoms with Crippen molar-refractivity contribution >= 4 is 11.6 Å². The van der Waals surface area contributed by atoms with Gasteiger partial charge in [0, 0.05) is 18.4 Å². The van der Waals surface area contributed by atoms with Crippen LogP contribution in [-0.2, 0) is 4.79 Å². The summed E-state index contributed by atoms with van der Waals surface area (Å²) in [6.07, 6.45) is 1.74. The van der Waals surface area contributed by atoms with Crippen LogP contribution in [0.4, 0.5) is 14.5 Å². The van der Waals surface area contributed by atoms with Crippen LogP contribution in [0.15, 0.2) is 18.2 Å². The van der Waals surface area contributed by atoms with Gasteiger partial charge in [-0.1, -0.05) is 0 Å². The van der Waals surface area contributed by atoms with Crippen LogP contribution in [0.2, 0.25) is 0 Å². The van der Waals surface area contributed by atoms with E-state index < -0.39 is 11.6 Å². The Morgan fingerprint density at radius 1 is 1.30 bits per heavy atom. The first kappa shape index (κ1) is 14.9. The first-order valence-corrected chi connectivity index (χ1v) is 6.66. The number of piperidine rings is 1. The smallest absolute Gasteiger partial charge is 0.238 e. The molecule has 1 fully saturated rings. The second-order valence-electron chi connectivity index (χ2n) is 5.08. The number of benzene rings is 1. The van der Waals surface area contributed by atoms with Gasteiger partial charge in [-0.15, -0.1) is 0 Å². The van der Waals surface area contributed by atoms with Gasteiger partial charge in [0.1, 0.15) is 0 Å². The van der Waals surface area contributed by atoms with E-state index in [1.807, 2.05) is 4.90 Å². The predicted molar refractivity (Wildman–Crippen MR) is 71.2 cm³/mol. The maximum absolute atomic E-state index is 13.0. The molecule has 4 nitrogen and oxygen atoms in total. The first-order valence-electron chi connectivity index (χ1n) is 6.66. The van der Waals surface area contributed by atoms with Gasteiger partial charge in [-0.05, 0) is 44.0 Å². The van der Waals surface area contributed by atoms with Crippen LogP contribution < -0.4 is 5.32 Å². The molecule has 1 heterocycles. The molecule has 1 aliphatic heterocycles. The van der Waals surface area contributed by atoms with Gasteiger partial charge in [-0.25, -0.2) is 8.78 Å². The number of rotatable bonds is 4. The van der Waals surface area contributed by atoms with Crippen LogP contribution in [0.1, 0.15) is 12.8 Å². The standard InChI is InChI=1S/C14H18F2N2O2/c15-12-2-1-11(7-13(12)16)17-14(20)8-18-5-3-10(9-19)4-6-18/h1-2,7,10,19H,3-6,8-9H2,(H,17,20). The highest BCUT2D eigenvalue weighted by atomic mass is 19.2. The Balaban J connectivity index is 1.82. The molecule has 1 aromatic rings. The zero-order chi connectivity index (χ0) is 14.5. The van der Waals surface area contributed by atoms with Gasteiger partial charge in [0.15, 0.2) is 11.6 Å². The summed E-state index contributed by atoms with van der Waals surface area (Å²) in [6, 6.07) is 3.28. The maximum Gasteiger partial charge on any atom is 0.238 e. The average Bonchev–Trinajstić information content (AvgIpc) is 2.44. The van der Waals surface area contributed by atoms with E-state index in [0.29, 0.717) is 5.92 Å². The minimum absolute atomic E-state index is 0.189. The number of nitrogens with zero attached hydrogens (tertiary/aromatic N) is 1. The third-order valence-electron chi connectivity index (χ3n) is 3.54. The summed E-state index contributed by atoms with van der Waals surface area (Å²) in [6.45, 7) is 1.93. The lowest BCUT2D eigenvalue weighted by Gasteiger charge is -2.30. The Hall–Kier alpha value is -1.53. The van der Waals surface area contributed by atoms with Gasteiger partial charge in [0.05, 0.1) is 6.54 Å². The Kier molecular flexibility index (Phi) is 5.03. The first-order chi connectivity index (χ1) is 9.58. The van der Waals surface area contributed by atoms with Crippen LogP contribution >= 0.6 is 0 Å². The fraction of sp³-hybridized carbons (Fsp3) is 0.500. The van der Waals surface area contributed by atoms with E-state index in [-0.39, 0.29) is 24.7 Å². The molecule has 2 N–H and O–H groups in total. The molecule has 0 aliphatic carbocycles. The van der Waals surface area contributed by atoms with E-state index in [0.717, 1.165) is 38.1 Å². The third kappa shape index (κ3) is 3.98. The predicted octanol–water partition coefficient (Wildman–Crippen LogP) is 1.61. The van der Waals surface area contributed by atoms with E-state index in [1.54, 1.807) is 0 Å². The lowest BCUT2D eigenvalue weighted by atomic mass is 9.98. The van der Waals surface area contributed by atoms with Crippen LogP contribution in [-0.4, -0.2) is 42.2 Å². The van der Waals surface area contributed by atoms with E-state index in [9.17, 15) is 13.6 Å². The summed E-state index contributed by atoms with van der Waals surface area (Å²) in [7, 11) is 0. The third-order valence-corrected chi connectivity index (χ3v) is 3.54. The van der Waals surface area contributed by atoms with Gasteiger partial charge >= 0.3 is 0 Å². The summed E-state index contributed by atoms with van der Waals surface area (Å²) in [5.74, 6) is -1.85. The zero-order valence-corrected chi connectivity index (χ0v) is 11.1. The van der Waals surface area contributed by atoms with Crippen LogP contribution in [0.5, 0.6) is 0 Å². The van der Waals surface area contributed by atoms with Crippen LogP contribution in [0, 0.1) is 17.6 Å². The van der Waals surface area contributed by atoms with Crippen LogP contribution in [0.25, 0.3) is 0 Å². The van der Waals surface area contributed by atoms with Crippen LogP contribution in [0.3, 0.4) is 0 Å². The fourth-order valence-corrected chi connectivity index (χ4v) is 2.30. The highest BCUT2D eigenvalue weighted by molar-refractivity contribution is 5.92. The number of carbonyl (C=O) groups excluding carboxylic acids is 1. The molecular formula is C14H18F2N2O2. The van der Waals surface area contributed by atoms with Gasteiger partial charge in [0.2, 0.25) is 5.91 Å². The number of anilines is 1. The number of hydrogen-bond acceptors (Lipinski definition) is 3. The summed E-state index contributed by atoms with van der Waals surface area (Å²) < 4.78 is 25.8. The minimum atomic E-state index is -0.980. The molecule has 1 aliphatic rings. The number of hydrogen-bond donors (Lipinski definition) is 2. The molecule has 0 bridgehead atoms. The molecular weight excluding hydrogens is 266 g/mol. The number of carbonyl (C=O) groups is 1. The van der Waals surface area contributed by atoms with Gasteiger partial charge < -0.3 is 10.4 Å². The maximum atomic E-state index is 13.0. The number of aliphatic hydroxyl groups excluding tert-OH is 1. The Bertz CT molecular complexity index is 474. The second-order valence-corrected chi connectivity index (χ2v) is 5.08. The molecule has 0 spiro atoms. The van der Waals surface area contributed by atoms with Gasteiger partial charge in [-0.2, -0.15) is 0 Å². The van der Waals surface area contributed by atoms with Crippen molar-refractivity contribution < 1.29 is 18.7 Å². The summed E-state index contributed by atoms with van der Waals surface area (Å²) in [5, 5.41) is 11.6. The highest BCUT2D eigenvalue weighted by Crippen LogP contribution is 2.17. The van der Waals surface area contributed by atoms with Gasteiger partial charge in [-0.3, -0.25) is 9.69 Å². The van der Waals surface area contributed by atoms with Crippen molar-refractivity contribution in [1.29, 1.82) is 0 Å². The molecule has 0 aromatic heterocycles. The molecule has 2 rings (SSSR count). The Morgan fingerprint density at radius 2 is 2.00 bits per heavy atom. The van der Waals surface area contributed by atoms with Crippen molar-refractivity contribution in [2.75, 3.05) is 31.6 Å². The zero-order valence-electron chi connectivity index (χ0n) is 11.1. The van der Waals surface area contributed by atoms with Crippen molar-refractivity contribution in [3.05, 3.63) is 29.8 Å². The SMILES string of the molecule is O=C(CN1CCC(CO)CC1)Nc1ccc(F)c(F)c1. The Labute approximate surface area is 116 Å². The lowest BCUT2D eigenvalue weighted by molar-refractivity contribution is -0.117. The minimum Gasteiger partial charge on any atom is -0.396 e. The number of aliphatic hydroxyl groups is 1. The number of halogens is 2. The lowest BCUT2D eigenvalue weighted by Crippen LogP contribution is -2.39. The van der Waals surface area contributed by atoms with Crippen molar-refractivity contribution in [3.8, 4) is 0 Å². The molecule has 1 saturated heterocycles. The monoisotopic (exact) mass is 284 g/mol. The molecule has 0 unspecified atom stereocenters. The summed E-state index contributed by atoms with van der Waals surface area (Å²) in [4.78, 5) is 13.8. The van der Waals surface area contributed by atoms with E-state index >= 15 is 0 Å². The highest BCUT2D eigenvalue weighted by Gasteiger charge is 2.20. The average molecular weight is 284 g/mol. The quantitative estimate of drug-likeness (QED) is 0.883. The van der Waals surface area contributed by atoms with Crippen molar-refractivity contribution in [2.45, 2.75) is 12.8 Å². The number of likely N-dealkylation sites (tertiary alicyclic amines) is 1. The second kappa shape index (κ2) is 6.76. The number of amides is 1. The summed E-state index contributed by atoms with van der Waals surface area (Å²) >= 11 is 0. The topological polar surface area (TPSA) is 52.6 Å². The number of nitrogens with one attached hydrogen (secondary N) is 1. The molecule has 0 saturated carbocycles. The molecule has 1 aromatic carbocycles.